The van der Waals surface area contributed by atoms with Gasteiger partial charge in [0.25, 0.3) is 5.56 Å². The topological polar surface area (TPSA) is 99.4 Å². The Kier molecular flexibility index (Phi) is 6.49. The molecule has 10 heteroatoms. The third-order valence-electron chi connectivity index (χ3n) is 5.41. The number of esters is 1. The molecule has 0 aliphatic carbocycles. The first-order chi connectivity index (χ1) is 16.3. The Labute approximate surface area is 203 Å². The van der Waals surface area contributed by atoms with E-state index in [0.717, 1.165) is 0 Å². The molecule has 0 unspecified atom stereocenters. The van der Waals surface area contributed by atoms with Crippen LogP contribution < -0.4 is 24.4 Å². The van der Waals surface area contributed by atoms with E-state index >= 15 is 0 Å². The number of phenols is 1. The summed E-state index contributed by atoms with van der Waals surface area (Å²) in [6.45, 7) is 1.69. The molecule has 0 spiro atoms. The molecule has 1 aliphatic heterocycles. The number of nitrogens with zero attached hydrogens (tertiary/aromatic N) is 2. The van der Waals surface area contributed by atoms with Gasteiger partial charge in [-0.3, -0.25) is 9.36 Å². The van der Waals surface area contributed by atoms with Crippen molar-refractivity contribution in [2.75, 3.05) is 21.3 Å². The summed E-state index contributed by atoms with van der Waals surface area (Å²) in [5.74, 6) is 0.127. The smallest absolute Gasteiger partial charge is 0.338 e. The highest BCUT2D eigenvalue weighted by Crippen LogP contribution is 2.37. The molecule has 1 N–H and O–H groups in total. The van der Waals surface area contributed by atoms with Gasteiger partial charge in [0.1, 0.15) is 11.8 Å². The Bertz CT molecular complexity index is 1500. The molecule has 0 saturated heterocycles. The van der Waals surface area contributed by atoms with E-state index in [-0.39, 0.29) is 16.9 Å². The summed E-state index contributed by atoms with van der Waals surface area (Å²) in [4.78, 5) is 31.3. The first kappa shape index (κ1) is 23.6. The van der Waals surface area contributed by atoms with Crippen LogP contribution in [0.5, 0.6) is 17.2 Å². The van der Waals surface area contributed by atoms with Crippen molar-refractivity contribution in [3.63, 3.8) is 0 Å². The van der Waals surface area contributed by atoms with E-state index in [4.69, 9.17) is 25.8 Å². The van der Waals surface area contributed by atoms with Gasteiger partial charge >= 0.3 is 5.97 Å². The largest absolute Gasteiger partial charge is 0.504 e. The number of carbonyl (C=O) groups excluding carboxylic acids is 1. The summed E-state index contributed by atoms with van der Waals surface area (Å²) in [6.07, 6.45) is 1.65. The molecule has 0 radical (unpaired) electrons. The maximum absolute atomic E-state index is 13.6. The lowest BCUT2D eigenvalue weighted by Crippen LogP contribution is -2.40. The van der Waals surface area contributed by atoms with Crippen LogP contribution in [0.15, 0.2) is 57.5 Å². The van der Waals surface area contributed by atoms with Crippen molar-refractivity contribution in [1.29, 1.82) is 0 Å². The van der Waals surface area contributed by atoms with E-state index in [9.17, 15) is 14.7 Å². The van der Waals surface area contributed by atoms with Gasteiger partial charge in [-0.2, -0.15) is 0 Å². The van der Waals surface area contributed by atoms with E-state index in [1.165, 1.54) is 43.3 Å². The van der Waals surface area contributed by atoms with Crippen molar-refractivity contribution < 1.29 is 24.1 Å². The number of methoxy groups -OCH3 is 3. The minimum absolute atomic E-state index is 0.0469. The number of aromatic nitrogens is 1. The maximum Gasteiger partial charge on any atom is 0.338 e. The number of rotatable bonds is 5. The van der Waals surface area contributed by atoms with Crippen LogP contribution in [0.4, 0.5) is 0 Å². The molecule has 34 heavy (non-hydrogen) atoms. The molecule has 0 bridgehead atoms. The number of halogens is 1. The van der Waals surface area contributed by atoms with Gasteiger partial charge in [-0.05, 0) is 48.9 Å². The zero-order valence-electron chi connectivity index (χ0n) is 18.8. The predicted octanol–water partition coefficient (Wildman–Crippen LogP) is 2.78. The van der Waals surface area contributed by atoms with Crippen LogP contribution in [0.3, 0.4) is 0 Å². The van der Waals surface area contributed by atoms with E-state index in [0.29, 0.717) is 42.7 Å². The molecule has 8 nitrogen and oxygen atoms in total. The second-order valence-corrected chi connectivity index (χ2v) is 8.84. The average Bonchev–Trinajstić information content (AvgIpc) is 3.12. The van der Waals surface area contributed by atoms with Gasteiger partial charge in [-0.15, -0.1) is 0 Å². The number of hydrogen-bond acceptors (Lipinski definition) is 8. The summed E-state index contributed by atoms with van der Waals surface area (Å²) >= 11 is 7.44. The van der Waals surface area contributed by atoms with E-state index in [1.807, 2.05) is 0 Å². The average molecular weight is 501 g/mol. The first-order valence-corrected chi connectivity index (χ1v) is 11.3. The van der Waals surface area contributed by atoms with Crippen LogP contribution in [0.1, 0.15) is 24.1 Å². The standard InChI is InChI=1S/C24H21ClN2O6S/c1-12-20(23(30)33-4)21(15-11-14(25)6-8-17(15)31-2)27-22(29)19(34-24(27)26-12)10-13-5-7-18(32-3)16(28)9-13/h5-11,21,28H,1-4H3/b19-10-/t21-/m1/s1. The number of aromatic hydroxyl groups is 1. The normalized spacial score (nSPS) is 15.6. The highest BCUT2D eigenvalue weighted by molar-refractivity contribution is 7.07. The van der Waals surface area contributed by atoms with Crippen LogP contribution in [0.2, 0.25) is 5.02 Å². The Hall–Kier alpha value is -3.56. The molecule has 1 aliphatic rings. The minimum atomic E-state index is -0.858. The number of fused-ring (bicyclic) bond motifs is 1. The molecule has 0 saturated carbocycles. The molecular formula is C24H21ClN2O6S. The molecule has 2 aromatic carbocycles. The lowest BCUT2D eigenvalue weighted by atomic mass is 9.95. The van der Waals surface area contributed by atoms with E-state index in [1.54, 1.807) is 43.3 Å². The Morgan fingerprint density at radius 2 is 1.85 bits per heavy atom. The second-order valence-electron chi connectivity index (χ2n) is 7.39. The molecule has 1 aromatic heterocycles. The van der Waals surface area contributed by atoms with Crippen molar-refractivity contribution in [3.05, 3.63) is 83.5 Å². The number of carbonyl (C=O) groups is 1. The third kappa shape index (κ3) is 4.08. The van der Waals surface area contributed by atoms with Gasteiger partial charge in [0, 0.05) is 10.6 Å². The van der Waals surface area contributed by atoms with Gasteiger partial charge in [0.2, 0.25) is 0 Å². The summed E-state index contributed by atoms with van der Waals surface area (Å²) in [7, 11) is 4.23. The molecule has 176 valence electrons. The fraction of sp³-hybridized carbons (Fsp3) is 0.208. The Morgan fingerprint density at radius 1 is 1.15 bits per heavy atom. The predicted molar refractivity (Wildman–Crippen MR) is 128 cm³/mol. The maximum atomic E-state index is 13.6. The highest BCUT2D eigenvalue weighted by Gasteiger charge is 2.35. The van der Waals surface area contributed by atoms with Crippen molar-refractivity contribution in [1.82, 2.24) is 4.57 Å². The summed E-state index contributed by atoms with van der Waals surface area (Å²) in [6, 6.07) is 8.97. The molecule has 2 heterocycles. The lowest BCUT2D eigenvalue weighted by molar-refractivity contribution is -0.136. The summed E-state index contributed by atoms with van der Waals surface area (Å²) in [5.41, 5.74) is 1.40. The molecule has 3 aromatic rings. The Morgan fingerprint density at radius 3 is 2.50 bits per heavy atom. The van der Waals surface area contributed by atoms with Gasteiger partial charge in [-0.25, -0.2) is 9.79 Å². The fourth-order valence-electron chi connectivity index (χ4n) is 3.85. The highest BCUT2D eigenvalue weighted by atomic mass is 35.5. The first-order valence-electron chi connectivity index (χ1n) is 10.1. The van der Waals surface area contributed by atoms with Crippen LogP contribution in [-0.4, -0.2) is 37.0 Å². The second kappa shape index (κ2) is 9.36. The van der Waals surface area contributed by atoms with Crippen LogP contribution in [-0.2, 0) is 9.53 Å². The quantitative estimate of drug-likeness (QED) is 0.541. The molecule has 0 amide bonds. The zero-order valence-corrected chi connectivity index (χ0v) is 20.4. The third-order valence-corrected chi connectivity index (χ3v) is 6.63. The summed E-state index contributed by atoms with van der Waals surface area (Å²) < 4.78 is 17.4. The summed E-state index contributed by atoms with van der Waals surface area (Å²) in [5, 5.41) is 10.5. The zero-order chi connectivity index (χ0) is 24.6. The SMILES string of the molecule is COC(=O)C1=C(C)N=c2s/c(=C\c3ccc(OC)c(O)c3)c(=O)n2[C@@H]1c1cc(Cl)ccc1OC. The van der Waals surface area contributed by atoms with Crippen molar-refractivity contribution in [2.24, 2.45) is 4.99 Å². The molecule has 1 atom stereocenters. The van der Waals surface area contributed by atoms with Crippen molar-refractivity contribution >= 4 is 35.0 Å². The fourth-order valence-corrected chi connectivity index (χ4v) is 5.08. The number of ether oxygens (including phenoxy) is 3. The molecular weight excluding hydrogens is 480 g/mol. The van der Waals surface area contributed by atoms with Crippen LogP contribution in [0.25, 0.3) is 6.08 Å². The van der Waals surface area contributed by atoms with E-state index in [2.05, 4.69) is 4.99 Å². The lowest BCUT2D eigenvalue weighted by Gasteiger charge is -2.25. The van der Waals surface area contributed by atoms with Crippen molar-refractivity contribution in [2.45, 2.75) is 13.0 Å². The number of allylic oxidation sites excluding steroid dienone is 1. The van der Waals surface area contributed by atoms with Crippen molar-refractivity contribution in [3.8, 4) is 17.2 Å². The van der Waals surface area contributed by atoms with Crippen LogP contribution in [0, 0.1) is 0 Å². The number of hydrogen-bond donors (Lipinski definition) is 1. The van der Waals surface area contributed by atoms with Crippen LogP contribution >= 0.6 is 22.9 Å². The van der Waals surface area contributed by atoms with E-state index < -0.39 is 12.0 Å². The number of thiazole rings is 1. The number of benzene rings is 2. The van der Waals surface area contributed by atoms with Gasteiger partial charge in [0.15, 0.2) is 16.3 Å². The monoisotopic (exact) mass is 500 g/mol. The molecule has 4 rings (SSSR count). The Balaban J connectivity index is 2.00. The minimum Gasteiger partial charge on any atom is -0.504 e. The van der Waals surface area contributed by atoms with Gasteiger partial charge in [-0.1, -0.05) is 29.0 Å². The number of phenolic OH excluding ortho intramolecular Hbond substituents is 1. The van der Waals surface area contributed by atoms with Gasteiger partial charge < -0.3 is 19.3 Å². The molecule has 0 fully saturated rings. The van der Waals surface area contributed by atoms with Gasteiger partial charge in [0.05, 0.1) is 37.1 Å².